The Morgan fingerprint density at radius 3 is 2.50 bits per heavy atom. The largest absolute Gasteiger partial charge is 0.363 e. The molecule has 0 bridgehead atoms. The zero-order chi connectivity index (χ0) is 7.82. The van der Waals surface area contributed by atoms with Crippen molar-refractivity contribution in [2.75, 3.05) is 13.6 Å². The van der Waals surface area contributed by atoms with Crippen molar-refractivity contribution in [1.82, 2.24) is 4.90 Å². The van der Waals surface area contributed by atoms with E-state index < -0.39 is 0 Å². The molecule has 0 N–H and O–H groups in total. The molecule has 0 aromatic carbocycles. The number of rotatable bonds is 6. The SMILES string of the molecule is CCCCCCN(C)[C]=S. The molecule has 0 saturated carbocycles. The predicted molar refractivity (Wildman–Crippen MR) is 49.4 cm³/mol. The van der Waals surface area contributed by atoms with Gasteiger partial charge in [0.15, 0.2) is 0 Å². The van der Waals surface area contributed by atoms with Crippen molar-refractivity contribution < 1.29 is 0 Å². The fourth-order valence-corrected chi connectivity index (χ4v) is 0.913. The molecule has 0 unspecified atom stereocenters. The Kier molecular flexibility index (Phi) is 6.93. The third kappa shape index (κ3) is 6.02. The molecule has 0 amide bonds. The average Bonchev–Trinajstić information content (AvgIpc) is 1.98. The van der Waals surface area contributed by atoms with Gasteiger partial charge >= 0.3 is 0 Å². The van der Waals surface area contributed by atoms with Crippen LogP contribution in [0.2, 0.25) is 0 Å². The lowest BCUT2D eigenvalue weighted by Gasteiger charge is -2.09. The summed E-state index contributed by atoms with van der Waals surface area (Å²) in [5.41, 5.74) is 2.66. The number of hydrogen-bond acceptors (Lipinski definition) is 1. The standard InChI is InChI=1S/C8H16NS/c1-3-4-5-6-7-9(2)8-10/h3-7H2,1-2H3. The average molecular weight is 158 g/mol. The van der Waals surface area contributed by atoms with Gasteiger partial charge in [0.05, 0.1) is 0 Å². The van der Waals surface area contributed by atoms with Gasteiger partial charge < -0.3 is 4.90 Å². The molecule has 59 valence electrons. The third-order valence-electron chi connectivity index (χ3n) is 1.50. The van der Waals surface area contributed by atoms with E-state index in [1.807, 2.05) is 11.9 Å². The van der Waals surface area contributed by atoms with Crippen LogP contribution in [0.5, 0.6) is 0 Å². The van der Waals surface area contributed by atoms with E-state index in [1.165, 1.54) is 25.7 Å². The molecule has 0 spiro atoms. The Hall–Kier alpha value is -0.110. The zero-order valence-corrected chi connectivity index (χ0v) is 7.71. The van der Waals surface area contributed by atoms with E-state index in [0.717, 1.165) is 6.54 Å². The highest BCUT2D eigenvalue weighted by Crippen LogP contribution is 1.98. The summed E-state index contributed by atoms with van der Waals surface area (Å²) < 4.78 is 0. The van der Waals surface area contributed by atoms with Gasteiger partial charge in [0.25, 0.3) is 0 Å². The van der Waals surface area contributed by atoms with Crippen LogP contribution in [0.3, 0.4) is 0 Å². The first-order valence-electron chi connectivity index (χ1n) is 3.90. The van der Waals surface area contributed by atoms with Crippen molar-refractivity contribution in [2.45, 2.75) is 32.6 Å². The van der Waals surface area contributed by atoms with E-state index in [0.29, 0.717) is 0 Å². The van der Waals surface area contributed by atoms with Crippen LogP contribution in [0.1, 0.15) is 32.6 Å². The molecule has 10 heavy (non-hydrogen) atoms. The molecule has 0 heterocycles. The van der Waals surface area contributed by atoms with Gasteiger partial charge in [-0.25, -0.2) is 0 Å². The number of nitrogens with zero attached hydrogens (tertiary/aromatic N) is 1. The van der Waals surface area contributed by atoms with Crippen LogP contribution in [0, 0.1) is 0 Å². The van der Waals surface area contributed by atoms with Gasteiger partial charge in [0.2, 0.25) is 0 Å². The van der Waals surface area contributed by atoms with Gasteiger partial charge in [0, 0.05) is 13.6 Å². The van der Waals surface area contributed by atoms with Crippen LogP contribution < -0.4 is 0 Å². The molecular weight excluding hydrogens is 142 g/mol. The Labute approximate surface area is 69.4 Å². The summed E-state index contributed by atoms with van der Waals surface area (Å²) in [6.45, 7) is 3.28. The molecule has 0 aliphatic heterocycles. The van der Waals surface area contributed by atoms with Crippen LogP contribution in [-0.2, 0) is 0 Å². The summed E-state index contributed by atoms with van der Waals surface area (Å²) in [5.74, 6) is 0. The van der Waals surface area contributed by atoms with Crippen LogP contribution >= 0.6 is 12.2 Å². The van der Waals surface area contributed by atoms with E-state index in [9.17, 15) is 0 Å². The predicted octanol–water partition coefficient (Wildman–Crippen LogP) is 2.33. The van der Waals surface area contributed by atoms with Crippen molar-refractivity contribution >= 4 is 17.7 Å². The first-order chi connectivity index (χ1) is 4.81. The first-order valence-corrected chi connectivity index (χ1v) is 4.31. The number of thiocarbonyl (C=S) groups is 1. The third-order valence-corrected chi connectivity index (χ3v) is 1.81. The first kappa shape index (κ1) is 9.89. The highest BCUT2D eigenvalue weighted by Gasteiger charge is 1.90. The highest BCUT2D eigenvalue weighted by atomic mass is 32.1. The van der Waals surface area contributed by atoms with E-state index in [2.05, 4.69) is 24.6 Å². The lowest BCUT2D eigenvalue weighted by Crippen LogP contribution is -2.15. The molecule has 1 radical (unpaired) electrons. The zero-order valence-electron chi connectivity index (χ0n) is 6.89. The van der Waals surface area contributed by atoms with Crippen molar-refractivity contribution in [3.05, 3.63) is 0 Å². The Balaban J connectivity index is 2.95. The van der Waals surface area contributed by atoms with E-state index in [-0.39, 0.29) is 0 Å². The minimum absolute atomic E-state index is 1.06. The molecule has 1 nitrogen and oxygen atoms in total. The summed E-state index contributed by atoms with van der Waals surface area (Å²) in [6.07, 6.45) is 5.20. The minimum Gasteiger partial charge on any atom is -0.363 e. The molecule has 0 rings (SSSR count). The molecule has 0 aliphatic carbocycles. The van der Waals surface area contributed by atoms with Crippen LogP contribution in [-0.4, -0.2) is 24.0 Å². The molecule has 0 aliphatic rings. The van der Waals surface area contributed by atoms with Crippen molar-refractivity contribution in [3.8, 4) is 0 Å². The second kappa shape index (κ2) is 7.00. The van der Waals surface area contributed by atoms with Crippen molar-refractivity contribution in [2.24, 2.45) is 0 Å². The quantitative estimate of drug-likeness (QED) is 0.331. The summed E-state index contributed by atoms with van der Waals surface area (Å²) >= 11 is 4.63. The van der Waals surface area contributed by atoms with Gasteiger partial charge in [-0.1, -0.05) is 38.4 Å². The van der Waals surface area contributed by atoms with E-state index in [4.69, 9.17) is 0 Å². The second-order valence-electron chi connectivity index (χ2n) is 2.57. The number of unbranched alkanes of at least 4 members (excludes halogenated alkanes) is 3. The lowest BCUT2D eigenvalue weighted by atomic mass is 10.2. The Bertz CT molecular complexity index is 83.3. The molecule has 0 saturated heterocycles. The molecule has 0 aromatic heterocycles. The van der Waals surface area contributed by atoms with E-state index in [1.54, 1.807) is 0 Å². The van der Waals surface area contributed by atoms with Gasteiger partial charge in [-0.15, -0.1) is 0 Å². The number of hydrogen-bond donors (Lipinski definition) is 0. The summed E-state index contributed by atoms with van der Waals surface area (Å²) in [5, 5.41) is 0. The van der Waals surface area contributed by atoms with Crippen LogP contribution in [0.25, 0.3) is 0 Å². The fourth-order valence-electron chi connectivity index (χ4n) is 0.821. The maximum Gasteiger partial charge on any atom is 0.136 e. The monoisotopic (exact) mass is 158 g/mol. The maximum absolute atomic E-state index is 4.63. The molecule has 2 heteroatoms. The smallest absolute Gasteiger partial charge is 0.136 e. The molecule has 0 aromatic rings. The van der Waals surface area contributed by atoms with E-state index >= 15 is 0 Å². The Morgan fingerprint density at radius 2 is 2.00 bits per heavy atom. The minimum atomic E-state index is 1.06. The van der Waals surface area contributed by atoms with Gasteiger partial charge in [-0.2, -0.15) is 0 Å². The van der Waals surface area contributed by atoms with Gasteiger partial charge in [0.1, 0.15) is 5.49 Å². The second-order valence-corrected chi connectivity index (χ2v) is 2.76. The molecular formula is C8H16NS. The summed E-state index contributed by atoms with van der Waals surface area (Å²) in [6, 6.07) is 0. The van der Waals surface area contributed by atoms with Crippen molar-refractivity contribution in [1.29, 1.82) is 0 Å². The molecule has 0 atom stereocenters. The van der Waals surface area contributed by atoms with Crippen LogP contribution in [0.4, 0.5) is 0 Å². The summed E-state index contributed by atoms with van der Waals surface area (Å²) in [4.78, 5) is 1.94. The van der Waals surface area contributed by atoms with Crippen LogP contribution in [0.15, 0.2) is 0 Å². The van der Waals surface area contributed by atoms with Gasteiger partial charge in [-0.3, -0.25) is 0 Å². The fraction of sp³-hybridized carbons (Fsp3) is 0.875. The molecule has 0 fully saturated rings. The topological polar surface area (TPSA) is 3.24 Å². The van der Waals surface area contributed by atoms with Gasteiger partial charge in [-0.05, 0) is 6.42 Å². The normalized spacial score (nSPS) is 9.40. The highest BCUT2D eigenvalue weighted by molar-refractivity contribution is 7.78. The maximum atomic E-state index is 4.63. The Morgan fingerprint density at radius 1 is 1.30 bits per heavy atom. The van der Waals surface area contributed by atoms with Crippen molar-refractivity contribution in [3.63, 3.8) is 0 Å². The lowest BCUT2D eigenvalue weighted by molar-refractivity contribution is 0.487. The summed E-state index contributed by atoms with van der Waals surface area (Å²) in [7, 11) is 1.97.